The van der Waals surface area contributed by atoms with Crippen LogP contribution in [0.5, 0.6) is 0 Å². The third-order valence-corrected chi connectivity index (χ3v) is 3.89. The number of aromatic nitrogens is 1. The van der Waals surface area contributed by atoms with Crippen LogP contribution in [-0.2, 0) is 11.2 Å². The van der Waals surface area contributed by atoms with Crippen molar-refractivity contribution in [3.05, 3.63) is 23.0 Å². The Morgan fingerprint density at radius 3 is 2.79 bits per heavy atom. The van der Waals surface area contributed by atoms with Crippen molar-refractivity contribution in [1.82, 2.24) is 9.88 Å². The summed E-state index contributed by atoms with van der Waals surface area (Å²) < 4.78 is 2.16. The van der Waals surface area contributed by atoms with Crippen LogP contribution in [0.2, 0.25) is 0 Å². The molecule has 1 amide bonds. The van der Waals surface area contributed by atoms with Gasteiger partial charge in [-0.1, -0.05) is 0 Å². The van der Waals surface area contributed by atoms with Crippen molar-refractivity contribution in [2.45, 2.75) is 65.1 Å². The van der Waals surface area contributed by atoms with E-state index >= 15 is 0 Å². The molecule has 0 aromatic carbocycles. The molecule has 1 heterocycles. The second-order valence-electron chi connectivity index (χ2n) is 5.90. The van der Waals surface area contributed by atoms with Crippen LogP contribution in [0, 0.1) is 6.92 Å². The molecule has 2 atom stereocenters. The zero-order chi connectivity index (χ0) is 14.2. The zero-order valence-corrected chi connectivity index (χ0v) is 12.4. The molecule has 2 unspecified atom stereocenters. The van der Waals surface area contributed by atoms with E-state index in [1.807, 2.05) is 20.8 Å². The Kier molecular flexibility index (Phi) is 3.99. The molecule has 1 aliphatic rings. The monoisotopic (exact) mass is 263 g/mol. The lowest BCUT2D eigenvalue weighted by atomic mass is 9.93. The van der Waals surface area contributed by atoms with Gasteiger partial charge in [-0.25, -0.2) is 0 Å². The summed E-state index contributed by atoms with van der Waals surface area (Å²) in [7, 11) is 0. The Balaban J connectivity index is 2.32. The van der Waals surface area contributed by atoms with Gasteiger partial charge < -0.3 is 15.6 Å². The predicted octanol–water partition coefficient (Wildman–Crippen LogP) is 2.22. The van der Waals surface area contributed by atoms with Crippen LogP contribution < -0.4 is 11.1 Å². The highest BCUT2D eigenvalue weighted by Gasteiger charge is 2.26. The van der Waals surface area contributed by atoms with Gasteiger partial charge in [0.05, 0.1) is 0 Å². The molecule has 4 heteroatoms. The van der Waals surface area contributed by atoms with Crippen molar-refractivity contribution in [3.8, 4) is 0 Å². The number of carbonyl (C=O) groups is 1. The number of hydrogen-bond acceptors (Lipinski definition) is 2. The largest absolute Gasteiger partial charge is 0.352 e. The highest BCUT2D eigenvalue weighted by Crippen LogP contribution is 2.32. The van der Waals surface area contributed by atoms with Crippen LogP contribution >= 0.6 is 0 Å². The van der Waals surface area contributed by atoms with Crippen molar-refractivity contribution in [2.75, 3.05) is 0 Å². The van der Waals surface area contributed by atoms with E-state index in [-0.39, 0.29) is 24.0 Å². The standard InChI is InChI=1S/C15H25N3O/c1-9(2)17-15(19)11(4)18-10(3)8-12-13(16)6-5-7-14(12)18/h8-9,11,13H,5-7,16H2,1-4H3,(H,17,19). The first-order chi connectivity index (χ1) is 8.91. The molecule has 3 N–H and O–H groups in total. The molecule has 19 heavy (non-hydrogen) atoms. The van der Waals surface area contributed by atoms with Gasteiger partial charge in [-0.05, 0) is 58.6 Å². The molecule has 0 saturated heterocycles. The predicted molar refractivity (Wildman–Crippen MR) is 77.0 cm³/mol. The second-order valence-corrected chi connectivity index (χ2v) is 5.90. The van der Waals surface area contributed by atoms with Gasteiger partial charge in [0, 0.05) is 23.5 Å². The first-order valence-electron chi connectivity index (χ1n) is 7.18. The van der Waals surface area contributed by atoms with Gasteiger partial charge in [-0.2, -0.15) is 0 Å². The normalized spacial score (nSPS) is 20.2. The number of aryl methyl sites for hydroxylation is 1. The molecule has 0 saturated carbocycles. The van der Waals surface area contributed by atoms with E-state index in [1.165, 1.54) is 11.3 Å². The lowest BCUT2D eigenvalue weighted by Gasteiger charge is -2.24. The summed E-state index contributed by atoms with van der Waals surface area (Å²) >= 11 is 0. The number of nitrogens with two attached hydrogens (primary N) is 1. The van der Waals surface area contributed by atoms with Crippen LogP contribution in [0.3, 0.4) is 0 Å². The van der Waals surface area contributed by atoms with Crippen LogP contribution in [0.4, 0.5) is 0 Å². The molecule has 4 nitrogen and oxygen atoms in total. The molecule has 0 aliphatic heterocycles. The minimum atomic E-state index is -0.170. The van der Waals surface area contributed by atoms with E-state index in [0.29, 0.717) is 0 Å². The summed E-state index contributed by atoms with van der Waals surface area (Å²) in [4.78, 5) is 12.2. The topological polar surface area (TPSA) is 60.0 Å². The number of nitrogens with zero attached hydrogens (tertiary/aromatic N) is 1. The fourth-order valence-electron chi connectivity index (χ4n) is 3.02. The van der Waals surface area contributed by atoms with E-state index in [1.54, 1.807) is 0 Å². The summed E-state index contributed by atoms with van der Waals surface area (Å²) in [5, 5.41) is 2.99. The van der Waals surface area contributed by atoms with E-state index in [0.717, 1.165) is 25.0 Å². The maximum absolute atomic E-state index is 12.2. The summed E-state index contributed by atoms with van der Waals surface area (Å²) in [5.41, 5.74) is 9.79. The van der Waals surface area contributed by atoms with Crippen molar-refractivity contribution < 1.29 is 4.79 Å². The highest BCUT2D eigenvalue weighted by atomic mass is 16.2. The maximum atomic E-state index is 12.2. The molecular weight excluding hydrogens is 238 g/mol. The fourth-order valence-corrected chi connectivity index (χ4v) is 3.02. The first kappa shape index (κ1) is 14.1. The van der Waals surface area contributed by atoms with E-state index in [2.05, 4.69) is 22.9 Å². The first-order valence-corrected chi connectivity index (χ1v) is 7.18. The van der Waals surface area contributed by atoms with Crippen LogP contribution in [0.1, 0.15) is 62.6 Å². The third-order valence-electron chi connectivity index (χ3n) is 3.89. The second kappa shape index (κ2) is 5.37. The third kappa shape index (κ3) is 2.68. The molecule has 106 valence electrons. The number of rotatable bonds is 3. The summed E-state index contributed by atoms with van der Waals surface area (Å²) in [6.07, 6.45) is 3.18. The molecule has 0 radical (unpaired) electrons. The summed E-state index contributed by atoms with van der Waals surface area (Å²) in [5.74, 6) is 0.0793. The number of fused-ring (bicyclic) bond motifs is 1. The lowest BCUT2D eigenvalue weighted by Crippen LogP contribution is -2.36. The summed E-state index contributed by atoms with van der Waals surface area (Å²) in [6.45, 7) is 7.99. The molecular formula is C15H25N3O. The van der Waals surface area contributed by atoms with Crippen LogP contribution in [-0.4, -0.2) is 16.5 Å². The van der Waals surface area contributed by atoms with Crippen molar-refractivity contribution in [2.24, 2.45) is 5.73 Å². The molecule has 0 fully saturated rings. The Morgan fingerprint density at radius 2 is 2.16 bits per heavy atom. The van der Waals surface area contributed by atoms with Gasteiger partial charge in [0.15, 0.2) is 0 Å². The Hall–Kier alpha value is -1.29. The van der Waals surface area contributed by atoms with Crippen molar-refractivity contribution in [3.63, 3.8) is 0 Å². The van der Waals surface area contributed by atoms with Gasteiger partial charge >= 0.3 is 0 Å². The summed E-state index contributed by atoms with van der Waals surface area (Å²) in [6, 6.07) is 2.28. The van der Waals surface area contributed by atoms with Crippen LogP contribution in [0.15, 0.2) is 6.07 Å². The fraction of sp³-hybridized carbons (Fsp3) is 0.667. The van der Waals surface area contributed by atoms with Gasteiger partial charge in [0.1, 0.15) is 6.04 Å². The lowest BCUT2D eigenvalue weighted by molar-refractivity contribution is -0.124. The molecule has 0 spiro atoms. The minimum Gasteiger partial charge on any atom is -0.352 e. The molecule has 1 aromatic heterocycles. The quantitative estimate of drug-likeness (QED) is 0.878. The van der Waals surface area contributed by atoms with E-state index in [4.69, 9.17) is 5.73 Å². The Labute approximate surface area is 115 Å². The Bertz CT molecular complexity index is 476. The number of hydrogen-bond donors (Lipinski definition) is 2. The molecule has 1 aliphatic carbocycles. The molecule has 0 bridgehead atoms. The number of carbonyl (C=O) groups excluding carboxylic acids is 1. The number of nitrogens with one attached hydrogen (secondary N) is 1. The van der Waals surface area contributed by atoms with Gasteiger partial charge in [-0.15, -0.1) is 0 Å². The average Bonchev–Trinajstić information content (AvgIpc) is 2.65. The van der Waals surface area contributed by atoms with Gasteiger partial charge in [0.25, 0.3) is 0 Å². The smallest absolute Gasteiger partial charge is 0.242 e. The average molecular weight is 263 g/mol. The molecule has 1 aromatic rings. The van der Waals surface area contributed by atoms with Crippen molar-refractivity contribution >= 4 is 5.91 Å². The van der Waals surface area contributed by atoms with E-state index in [9.17, 15) is 4.79 Å². The van der Waals surface area contributed by atoms with Gasteiger partial charge in [-0.3, -0.25) is 4.79 Å². The van der Waals surface area contributed by atoms with E-state index < -0.39 is 0 Å². The number of amides is 1. The minimum absolute atomic E-state index is 0.0793. The van der Waals surface area contributed by atoms with Crippen molar-refractivity contribution in [1.29, 1.82) is 0 Å². The Morgan fingerprint density at radius 1 is 1.47 bits per heavy atom. The molecule has 2 rings (SSSR count). The zero-order valence-electron chi connectivity index (χ0n) is 12.4. The maximum Gasteiger partial charge on any atom is 0.242 e. The van der Waals surface area contributed by atoms with Crippen LogP contribution in [0.25, 0.3) is 0 Å². The highest BCUT2D eigenvalue weighted by molar-refractivity contribution is 5.80. The van der Waals surface area contributed by atoms with Gasteiger partial charge in [0.2, 0.25) is 5.91 Å². The SMILES string of the molecule is Cc1cc2c(n1C(C)C(=O)NC(C)C)CCCC2N.